The zero-order valence-corrected chi connectivity index (χ0v) is 12.8. The van der Waals surface area contributed by atoms with Gasteiger partial charge >= 0.3 is 0 Å². The summed E-state index contributed by atoms with van der Waals surface area (Å²) < 4.78 is 20.0. The molecule has 2 atom stereocenters. The van der Waals surface area contributed by atoms with Crippen LogP contribution in [0.4, 0.5) is 10.1 Å². The van der Waals surface area contributed by atoms with Gasteiger partial charge in [0.15, 0.2) is 0 Å². The Morgan fingerprint density at radius 3 is 2.55 bits per heavy atom. The van der Waals surface area contributed by atoms with Crippen LogP contribution < -0.4 is 10.2 Å². The summed E-state index contributed by atoms with van der Waals surface area (Å²) in [7, 11) is 0. The Morgan fingerprint density at radius 2 is 1.95 bits per heavy atom. The van der Waals surface area contributed by atoms with Crippen LogP contribution in [0.2, 0.25) is 0 Å². The maximum Gasteiger partial charge on any atom is 0.146 e. The lowest BCUT2D eigenvalue weighted by atomic mass is 10.1. The summed E-state index contributed by atoms with van der Waals surface area (Å²) in [5.74, 6) is -0.144. The molecule has 3 nitrogen and oxygen atoms in total. The Kier molecular flexibility index (Phi) is 5.00. The number of rotatable bonds is 4. The van der Waals surface area contributed by atoms with Crippen LogP contribution in [0.1, 0.15) is 33.3 Å². The lowest BCUT2D eigenvalue weighted by molar-refractivity contribution is -0.00544. The molecule has 1 N–H and O–H groups in total. The summed E-state index contributed by atoms with van der Waals surface area (Å²) in [6.07, 6.45) is 0.258. The standard InChI is InChI=1S/C16H25FN2O/c1-11(2)18-8-14-6-5-7-15(17)16(14)19-9-12(3)20-13(4)10-19/h5-7,11-13,18H,8-10H2,1-4H3/t12-,13+. The fourth-order valence-corrected chi connectivity index (χ4v) is 2.73. The molecule has 1 aromatic carbocycles. The fraction of sp³-hybridized carbons (Fsp3) is 0.625. The van der Waals surface area contributed by atoms with Crippen LogP contribution in [0.15, 0.2) is 18.2 Å². The molecule has 1 aliphatic rings. The highest BCUT2D eigenvalue weighted by Crippen LogP contribution is 2.27. The van der Waals surface area contributed by atoms with E-state index >= 15 is 0 Å². The average Bonchev–Trinajstić information content (AvgIpc) is 2.35. The van der Waals surface area contributed by atoms with Crippen molar-refractivity contribution in [3.63, 3.8) is 0 Å². The fourth-order valence-electron chi connectivity index (χ4n) is 2.73. The van der Waals surface area contributed by atoms with Gasteiger partial charge in [0.05, 0.1) is 17.9 Å². The predicted octanol–water partition coefficient (Wildman–Crippen LogP) is 2.94. The molecule has 0 radical (unpaired) electrons. The molecular weight excluding hydrogens is 255 g/mol. The summed E-state index contributed by atoms with van der Waals surface area (Å²) in [6.45, 7) is 10.4. The molecule has 2 rings (SSSR count). The first-order chi connectivity index (χ1) is 9.47. The van der Waals surface area contributed by atoms with E-state index in [4.69, 9.17) is 4.74 Å². The molecule has 0 aliphatic carbocycles. The number of hydrogen-bond donors (Lipinski definition) is 1. The monoisotopic (exact) mass is 280 g/mol. The van der Waals surface area contributed by atoms with Crippen molar-refractivity contribution in [1.82, 2.24) is 5.32 Å². The first-order valence-corrected chi connectivity index (χ1v) is 7.38. The second-order valence-electron chi connectivity index (χ2n) is 5.95. The van der Waals surface area contributed by atoms with E-state index in [0.29, 0.717) is 12.6 Å². The van der Waals surface area contributed by atoms with Gasteiger partial charge in [-0.25, -0.2) is 4.39 Å². The summed E-state index contributed by atoms with van der Waals surface area (Å²) in [5.41, 5.74) is 1.74. The summed E-state index contributed by atoms with van der Waals surface area (Å²) in [4.78, 5) is 2.12. The van der Waals surface area contributed by atoms with E-state index < -0.39 is 0 Å². The first kappa shape index (κ1) is 15.3. The number of benzene rings is 1. The number of para-hydroxylation sites is 1. The second-order valence-corrected chi connectivity index (χ2v) is 5.95. The molecule has 1 aromatic rings. The average molecular weight is 280 g/mol. The maximum absolute atomic E-state index is 14.3. The van der Waals surface area contributed by atoms with Gasteiger partial charge in [0.2, 0.25) is 0 Å². The van der Waals surface area contributed by atoms with Crippen LogP contribution >= 0.6 is 0 Å². The van der Waals surface area contributed by atoms with Crippen molar-refractivity contribution in [2.45, 2.75) is 52.5 Å². The molecule has 1 saturated heterocycles. The lowest BCUT2D eigenvalue weighted by Crippen LogP contribution is -2.46. The molecule has 112 valence electrons. The molecule has 0 saturated carbocycles. The van der Waals surface area contributed by atoms with Gasteiger partial charge in [0.25, 0.3) is 0 Å². The van der Waals surface area contributed by atoms with Crippen molar-refractivity contribution < 1.29 is 9.13 Å². The molecular formula is C16H25FN2O. The van der Waals surface area contributed by atoms with E-state index in [1.807, 2.05) is 19.9 Å². The Balaban J connectivity index is 2.24. The van der Waals surface area contributed by atoms with Gasteiger partial charge in [-0.3, -0.25) is 0 Å². The van der Waals surface area contributed by atoms with Gasteiger partial charge < -0.3 is 15.0 Å². The van der Waals surface area contributed by atoms with Gasteiger partial charge in [0, 0.05) is 25.7 Å². The molecule has 4 heteroatoms. The van der Waals surface area contributed by atoms with E-state index in [1.165, 1.54) is 0 Å². The predicted molar refractivity (Wildman–Crippen MR) is 80.6 cm³/mol. The Hall–Kier alpha value is -1.13. The van der Waals surface area contributed by atoms with Crippen molar-refractivity contribution in [2.24, 2.45) is 0 Å². The van der Waals surface area contributed by atoms with Gasteiger partial charge in [-0.1, -0.05) is 26.0 Å². The van der Waals surface area contributed by atoms with Crippen molar-refractivity contribution >= 4 is 5.69 Å². The van der Waals surface area contributed by atoms with Crippen molar-refractivity contribution in [3.05, 3.63) is 29.6 Å². The van der Waals surface area contributed by atoms with Crippen LogP contribution in [0.25, 0.3) is 0 Å². The van der Waals surface area contributed by atoms with Crippen LogP contribution in [0.5, 0.6) is 0 Å². The molecule has 1 heterocycles. The number of anilines is 1. The lowest BCUT2D eigenvalue weighted by Gasteiger charge is -2.38. The molecule has 0 aromatic heterocycles. The molecule has 0 unspecified atom stereocenters. The number of morpholine rings is 1. The van der Waals surface area contributed by atoms with Crippen molar-refractivity contribution in [2.75, 3.05) is 18.0 Å². The highest BCUT2D eigenvalue weighted by molar-refractivity contribution is 5.55. The largest absolute Gasteiger partial charge is 0.372 e. The SMILES string of the molecule is CC(C)NCc1cccc(F)c1N1C[C@@H](C)O[C@@H](C)C1. The van der Waals surface area contributed by atoms with Gasteiger partial charge in [0.1, 0.15) is 5.82 Å². The topological polar surface area (TPSA) is 24.5 Å². The van der Waals surface area contributed by atoms with Gasteiger partial charge in [-0.15, -0.1) is 0 Å². The van der Waals surface area contributed by atoms with Crippen LogP contribution in [0, 0.1) is 5.82 Å². The van der Waals surface area contributed by atoms with Crippen LogP contribution in [-0.2, 0) is 11.3 Å². The maximum atomic E-state index is 14.3. The van der Waals surface area contributed by atoms with Crippen LogP contribution in [-0.4, -0.2) is 31.3 Å². The Labute approximate surface area is 121 Å². The minimum Gasteiger partial charge on any atom is -0.372 e. The van der Waals surface area contributed by atoms with Crippen molar-refractivity contribution in [3.8, 4) is 0 Å². The highest BCUT2D eigenvalue weighted by atomic mass is 19.1. The quantitative estimate of drug-likeness (QED) is 0.917. The minimum absolute atomic E-state index is 0.129. The van der Waals surface area contributed by atoms with E-state index in [0.717, 1.165) is 24.3 Å². The van der Waals surface area contributed by atoms with Gasteiger partial charge in [-0.05, 0) is 25.5 Å². The summed E-state index contributed by atoms with van der Waals surface area (Å²) >= 11 is 0. The van der Waals surface area contributed by atoms with Crippen molar-refractivity contribution in [1.29, 1.82) is 0 Å². The minimum atomic E-state index is -0.144. The normalized spacial score (nSPS) is 23.4. The molecule has 1 aliphatic heterocycles. The summed E-state index contributed by atoms with van der Waals surface area (Å²) in [6, 6.07) is 5.70. The number of hydrogen-bond acceptors (Lipinski definition) is 3. The highest BCUT2D eigenvalue weighted by Gasteiger charge is 2.25. The number of nitrogens with zero attached hydrogens (tertiary/aromatic N) is 1. The third kappa shape index (κ3) is 3.70. The molecule has 20 heavy (non-hydrogen) atoms. The van der Waals surface area contributed by atoms with E-state index in [-0.39, 0.29) is 18.0 Å². The Morgan fingerprint density at radius 1 is 1.30 bits per heavy atom. The third-order valence-corrected chi connectivity index (χ3v) is 3.51. The third-order valence-electron chi connectivity index (χ3n) is 3.51. The Bertz CT molecular complexity index is 440. The first-order valence-electron chi connectivity index (χ1n) is 7.38. The zero-order chi connectivity index (χ0) is 14.7. The van der Waals surface area contributed by atoms with E-state index in [1.54, 1.807) is 12.1 Å². The smallest absolute Gasteiger partial charge is 0.146 e. The van der Waals surface area contributed by atoms with Crippen LogP contribution in [0.3, 0.4) is 0 Å². The zero-order valence-electron chi connectivity index (χ0n) is 12.8. The molecule has 0 spiro atoms. The number of halogens is 1. The van der Waals surface area contributed by atoms with E-state index in [9.17, 15) is 4.39 Å². The van der Waals surface area contributed by atoms with E-state index in [2.05, 4.69) is 24.1 Å². The number of nitrogens with one attached hydrogen (secondary N) is 1. The summed E-state index contributed by atoms with van der Waals surface area (Å²) in [5, 5.41) is 3.37. The van der Waals surface area contributed by atoms with Gasteiger partial charge in [-0.2, -0.15) is 0 Å². The molecule has 0 bridgehead atoms. The molecule has 1 fully saturated rings. The molecule has 0 amide bonds. The number of ether oxygens (including phenoxy) is 1. The second kappa shape index (κ2) is 6.55.